The highest BCUT2D eigenvalue weighted by molar-refractivity contribution is 7.14. The summed E-state index contributed by atoms with van der Waals surface area (Å²) in [6.07, 6.45) is -1.28. The van der Waals surface area contributed by atoms with Crippen molar-refractivity contribution < 1.29 is 38.5 Å². The number of β-lactam (4-membered cyclic amide) rings is 1. The number of carbonyl (C=O) groups is 4. The van der Waals surface area contributed by atoms with Gasteiger partial charge in [0.15, 0.2) is 0 Å². The zero-order valence-electron chi connectivity index (χ0n) is 20.8. The fourth-order valence-electron chi connectivity index (χ4n) is 4.27. The molecule has 2 aliphatic heterocycles. The van der Waals surface area contributed by atoms with Gasteiger partial charge >= 0.3 is 18.0 Å². The van der Waals surface area contributed by atoms with Crippen molar-refractivity contribution >= 4 is 45.9 Å². The van der Waals surface area contributed by atoms with Crippen LogP contribution in [0.4, 0.5) is 9.80 Å². The highest BCUT2D eigenvalue weighted by atomic mass is 32.1. The van der Waals surface area contributed by atoms with Gasteiger partial charge in [0.05, 0.1) is 28.5 Å². The molecule has 10 nitrogen and oxygen atoms in total. The number of hydrogen-bond donors (Lipinski definition) is 2. The van der Waals surface area contributed by atoms with Crippen LogP contribution in [0.2, 0.25) is 0 Å². The summed E-state index contributed by atoms with van der Waals surface area (Å²) in [5.74, 6) is -2.19. The number of anilines is 1. The third-order valence-corrected chi connectivity index (χ3v) is 6.84. The van der Waals surface area contributed by atoms with Crippen LogP contribution in [0.15, 0.2) is 47.5 Å². The number of esters is 2. The third kappa shape index (κ3) is 5.52. The van der Waals surface area contributed by atoms with Crippen LogP contribution in [0.25, 0.3) is 5.57 Å². The quantitative estimate of drug-likeness (QED) is 0.315. The summed E-state index contributed by atoms with van der Waals surface area (Å²) in [6, 6.07) is 9.67. The minimum atomic E-state index is -0.895. The van der Waals surface area contributed by atoms with Crippen molar-refractivity contribution in [2.75, 3.05) is 12.1 Å². The second kappa shape index (κ2) is 10.3. The maximum Gasteiger partial charge on any atom is 0.417 e. The molecule has 1 fully saturated rings. The Morgan fingerprint density at radius 3 is 2.59 bits per heavy atom. The van der Waals surface area contributed by atoms with Crippen molar-refractivity contribution in [1.82, 2.24) is 4.90 Å². The second-order valence-electron chi connectivity index (χ2n) is 9.82. The van der Waals surface area contributed by atoms with E-state index in [2.05, 4.69) is 5.32 Å². The van der Waals surface area contributed by atoms with Crippen molar-refractivity contribution in [1.29, 1.82) is 0 Å². The number of fused-ring (bicyclic) bond motifs is 1. The lowest BCUT2D eigenvalue weighted by atomic mass is 9.82. The highest BCUT2D eigenvalue weighted by Crippen LogP contribution is 2.47. The maximum absolute atomic E-state index is 13.1. The molecule has 1 aromatic heterocycles. The Hall–Kier alpha value is -3.70. The van der Waals surface area contributed by atoms with Crippen LogP contribution in [0.1, 0.15) is 39.7 Å². The molecule has 2 aliphatic rings. The van der Waals surface area contributed by atoms with Crippen LogP contribution < -0.4 is 10.1 Å². The fourth-order valence-corrected chi connectivity index (χ4v) is 4.87. The van der Waals surface area contributed by atoms with Gasteiger partial charge in [-0.15, -0.1) is 11.3 Å². The predicted octanol–water partition coefficient (Wildman–Crippen LogP) is 3.77. The van der Waals surface area contributed by atoms with Crippen molar-refractivity contribution in [3.63, 3.8) is 0 Å². The molecule has 196 valence electrons. The molecule has 2 aromatic rings. The number of nitrogens with zero attached hydrogens (tertiary/aromatic N) is 1. The van der Waals surface area contributed by atoms with E-state index in [0.717, 1.165) is 0 Å². The summed E-state index contributed by atoms with van der Waals surface area (Å²) < 4.78 is 15.6. The smallest absolute Gasteiger partial charge is 0.417 e. The van der Waals surface area contributed by atoms with Crippen LogP contribution in [0.5, 0.6) is 5.75 Å². The highest BCUT2D eigenvalue weighted by Gasteiger charge is 2.57. The van der Waals surface area contributed by atoms with Gasteiger partial charge in [-0.25, -0.2) is 9.59 Å². The normalized spacial score (nSPS) is 19.6. The predicted molar refractivity (Wildman–Crippen MR) is 134 cm³/mol. The van der Waals surface area contributed by atoms with E-state index < -0.39 is 54.2 Å². The van der Waals surface area contributed by atoms with E-state index in [1.54, 1.807) is 57.2 Å². The SMILES string of the molecule is C[C@@H](O)[C@H]1C(=O)N2C(C(=O)OCOC(=O)C(C)(C)C)=C(c3cccc(OC(=O)Nc4cccs4)c3)C[C@H]12. The minimum Gasteiger partial charge on any atom is -0.427 e. The maximum atomic E-state index is 13.1. The summed E-state index contributed by atoms with van der Waals surface area (Å²) in [4.78, 5) is 51.5. The molecule has 0 spiro atoms. The van der Waals surface area contributed by atoms with Crippen molar-refractivity contribution in [3.8, 4) is 5.75 Å². The van der Waals surface area contributed by atoms with Gasteiger partial charge in [-0.05, 0) is 74.9 Å². The monoisotopic (exact) mass is 528 g/mol. The lowest BCUT2D eigenvalue weighted by Gasteiger charge is -2.44. The third-order valence-electron chi connectivity index (χ3n) is 6.05. The Balaban J connectivity index is 1.56. The number of thiophene rings is 1. The van der Waals surface area contributed by atoms with Crippen LogP contribution in [-0.2, 0) is 23.9 Å². The Morgan fingerprint density at radius 1 is 1.19 bits per heavy atom. The molecule has 1 saturated heterocycles. The van der Waals surface area contributed by atoms with Gasteiger partial charge in [0.25, 0.3) is 0 Å². The topological polar surface area (TPSA) is 131 Å². The molecule has 0 unspecified atom stereocenters. The molecule has 1 aromatic carbocycles. The Labute approximate surface area is 217 Å². The Kier molecular flexibility index (Phi) is 7.37. The van der Waals surface area contributed by atoms with Gasteiger partial charge in [0.2, 0.25) is 12.7 Å². The molecule has 4 rings (SSSR count). The first-order valence-electron chi connectivity index (χ1n) is 11.7. The first-order valence-corrected chi connectivity index (χ1v) is 12.6. The zero-order valence-corrected chi connectivity index (χ0v) is 21.7. The van der Waals surface area contributed by atoms with Gasteiger partial charge in [-0.3, -0.25) is 14.9 Å². The minimum absolute atomic E-state index is 0.0129. The average Bonchev–Trinajstić information content (AvgIpc) is 3.44. The number of amides is 2. The lowest BCUT2D eigenvalue weighted by molar-refractivity contribution is -0.175. The van der Waals surface area contributed by atoms with E-state index in [0.29, 0.717) is 22.6 Å². The second-order valence-corrected chi connectivity index (χ2v) is 10.8. The van der Waals surface area contributed by atoms with E-state index in [-0.39, 0.29) is 11.4 Å². The van der Waals surface area contributed by atoms with Crippen LogP contribution >= 0.6 is 11.3 Å². The van der Waals surface area contributed by atoms with Crippen molar-refractivity contribution in [3.05, 3.63) is 53.0 Å². The molecular weight excluding hydrogens is 500 g/mol. The van der Waals surface area contributed by atoms with Crippen LogP contribution in [-0.4, -0.2) is 52.9 Å². The Morgan fingerprint density at radius 2 is 1.95 bits per heavy atom. The molecule has 0 aliphatic carbocycles. The Bertz CT molecular complexity index is 1250. The standard InChI is InChI=1S/C26H28N2O8S/c1-14(29)20-18-12-17(15-7-5-8-16(11-15)36-25(33)27-19-9-6-10-37-19)21(28(18)22(20)30)23(31)34-13-35-24(32)26(2,3)4/h5-11,14,18,20,29H,12-13H2,1-4H3,(H,27,33)/t14-,18-,20-/m1/s1. The molecule has 37 heavy (non-hydrogen) atoms. The van der Waals surface area contributed by atoms with E-state index in [1.807, 2.05) is 5.38 Å². The van der Waals surface area contributed by atoms with Gasteiger partial charge in [-0.1, -0.05) is 12.1 Å². The number of benzene rings is 1. The van der Waals surface area contributed by atoms with E-state index >= 15 is 0 Å². The largest absolute Gasteiger partial charge is 0.427 e. The van der Waals surface area contributed by atoms with Gasteiger partial charge in [-0.2, -0.15) is 0 Å². The fraction of sp³-hybridized carbons (Fsp3) is 0.385. The molecule has 0 bridgehead atoms. The lowest BCUT2D eigenvalue weighted by Crippen LogP contribution is -2.61. The number of rotatable bonds is 7. The molecular formula is C26H28N2O8S. The van der Waals surface area contributed by atoms with E-state index in [9.17, 15) is 24.3 Å². The molecule has 0 radical (unpaired) electrons. The van der Waals surface area contributed by atoms with Gasteiger partial charge < -0.3 is 24.2 Å². The van der Waals surface area contributed by atoms with Gasteiger partial charge in [0, 0.05) is 0 Å². The summed E-state index contributed by atoms with van der Waals surface area (Å²) >= 11 is 1.35. The number of aliphatic hydroxyl groups is 1. The zero-order chi connectivity index (χ0) is 26.9. The van der Waals surface area contributed by atoms with Gasteiger partial charge in [0.1, 0.15) is 11.4 Å². The average molecular weight is 529 g/mol. The summed E-state index contributed by atoms with van der Waals surface area (Å²) in [7, 11) is 0. The number of aliphatic hydroxyl groups excluding tert-OH is 1. The van der Waals surface area contributed by atoms with Crippen molar-refractivity contribution in [2.45, 2.75) is 46.3 Å². The molecule has 0 saturated carbocycles. The number of ether oxygens (including phenoxy) is 3. The number of hydrogen-bond acceptors (Lipinski definition) is 9. The molecule has 3 heterocycles. The van der Waals surface area contributed by atoms with Crippen LogP contribution in [0, 0.1) is 11.3 Å². The van der Waals surface area contributed by atoms with Crippen molar-refractivity contribution in [2.24, 2.45) is 11.3 Å². The summed E-state index contributed by atoms with van der Waals surface area (Å²) in [5, 5.41) is 15.2. The number of nitrogens with one attached hydrogen (secondary N) is 1. The summed E-state index contributed by atoms with van der Waals surface area (Å²) in [5.41, 5.74) is 0.284. The molecule has 2 amide bonds. The molecule has 11 heteroatoms. The number of carbonyl (C=O) groups excluding carboxylic acids is 4. The van der Waals surface area contributed by atoms with E-state index in [1.165, 1.54) is 23.2 Å². The first kappa shape index (κ1) is 26.4. The molecule has 2 N–H and O–H groups in total. The first-order chi connectivity index (χ1) is 17.5. The van der Waals surface area contributed by atoms with E-state index in [4.69, 9.17) is 14.2 Å². The molecule has 3 atom stereocenters. The van der Waals surface area contributed by atoms with Crippen LogP contribution in [0.3, 0.4) is 0 Å². The summed E-state index contributed by atoms with van der Waals surface area (Å²) in [6.45, 7) is 5.94.